The van der Waals surface area contributed by atoms with Gasteiger partial charge < -0.3 is 20.9 Å². The molecule has 0 atom stereocenters. The van der Waals surface area contributed by atoms with Crippen LogP contribution in [0.25, 0.3) is 0 Å². The summed E-state index contributed by atoms with van der Waals surface area (Å²) in [5.74, 6) is 0.236. The minimum Gasteiger partial charge on any atom is -0.382 e. The zero-order chi connectivity index (χ0) is 15.2. The summed E-state index contributed by atoms with van der Waals surface area (Å²) in [5.41, 5.74) is 5.91. The second kappa shape index (κ2) is 7.61. The number of nitrogens with zero attached hydrogens (tertiary/aromatic N) is 3. The molecule has 0 radical (unpaired) electrons. The van der Waals surface area contributed by atoms with Crippen molar-refractivity contribution < 1.29 is 4.79 Å². The van der Waals surface area contributed by atoms with E-state index < -0.39 is 0 Å². The average Bonchev–Trinajstić information content (AvgIpc) is 2.90. The molecule has 1 saturated heterocycles. The molecule has 0 unspecified atom stereocenters. The first-order valence-electron chi connectivity index (χ1n) is 7.59. The third-order valence-electron chi connectivity index (χ3n) is 3.79. The van der Waals surface area contributed by atoms with Crippen molar-refractivity contribution in [2.24, 2.45) is 0 Å². The number of amides is 1. The monoisotopic (exact) mass is 311 g/mol. The highest BCUT2D eigenvalue weighted by molar-refractivity contribution is 7.18. The lowest BCUT2D eigenvalue weighted by molar-refractivity contribution is 0.0955. The Balaban J connectivity index is 1.93. The number of thiazole rings is 1. The van der Waals surface area contributed by atoms with E-state index in [2.05, 4.69) is 27.0 Å². The van der Waals surface area contributed by atoms with Crippen LogP contribution in [0.5, 0.6) is 0 Å². The van der Waals surface area contributed by atoms with Crippen LogP contribution in [0.3, 0.4) is 0 Å². The highest BCUT2D eigenvalue weighted by Gasteiger charge is 2.20. The van der Waals surface area contributed by atoms with Crippen molar-refractivity contribution in [1.29, 1.82) is 0 Å². The molecular weight excluding hydrogens is 286 g/mol. The number of hydrogen-bond donors (Lipinski definition) is 2. The lowest BCUT2D eigenvalue weighted by atomic mass is 10.1. The number of anilines is 2. The van der Waals surface area contributed by atoms with Crippen LogP contribution < -0.4 is 16.0 Å². The van der Waals surface area contributed by atoms with E-state index >= 15 is 0 Å². The minimum atomic E-state index is -0.113. The van der Waals surface area contributed by atoms with Gasteiger partial charge in [0.15, 0.2) is 5.13 Å². The second-order valence-electron chi connectivity index (χ2n) is 5.41. The fourth-order valence-corrected chi connectivity index (χ4v) is 3.26. The number of piperidine rings is 1. The summed E-state index contributed by atoms with van der Waals surface area (Å²) in [6.45, 7) is 6.54. The van der Waals surface area contributed by atoms with Crippen molar-refractivity contribution in [3.8, 4) is 0 Å². The summed E-state index contributed by atoms with van der Waals surface area (Å²) in [5, 5.41) is 3.79. The van der Waals surface area contributed by atoms with Gasteiger partial charge in [-0.2, -0.15) is 0 Å². The van der Waals surface area contributed by atoms with Crippen LogP contribution in [0.2, 0.25) is 0 Å². The summed E-state index contributed by atoms with van der Waals surface area (Å²) in [4.78, 5) is 21.5. The van der Waals surface area contributed by atoms with Gasteiger partial charge in [-0.1, -0.05) is 18.3 Å². The molecule has 6 nitrogen and oxygen atoms in total. The van der Waals surface area contributed by atoms with E-state index in [1.54, 1.807) is 0 Å². The largest absolute Gasteiger partial charge is 0.382 e. The summed E-state index contributed by atoms with van der Waals surface area (Å²) in [7, 11) is 2.03. The van der Waals surface area contributed by atoms with Gasteiger partial charge in [-0.25, -0.2) is 4.98 Å². The summed E-state index contributed by atoms with van der Waals surface area (Å²) in [6, 6.07) is 0. The van der Waals surface area contributed by atoms with Crippen molar-refractivity contribution >= 4 is 28.2 Å². The SMILES string of the molecule is CCN(C)CCNC(=O)c1sc(N2CCCCC2)nc1N. The van der Waals surface area contributed by atoms with Crippen LogP contribution in [-0.4, -0.2) is 55.6 Å². The van der Waals surface area contributed by atoms with Crippen LogP contribution >= 0.6 is 11.3 Å². The van der Waals surface area contributed by atoms with E-state index in [9.17, 15) is 4.79 Å². The van der Waals surface area contributed by atoms with E-state index in [4.69, 9.17) is 5.73 Å². The van der Waals surface area contributed by atoms with Gasteiger partial charge in [-0.15, -0.1) is 0 Å². The van der Waals surface area contributed by atoms with E-state index in [1.165, 1.54) is 30.6 Å². The summed E-state index contributed by atoms with van der Waals surface area (Å²) >= 11 is 1.40. The molecule has 1 aromatic rings. The first kappa shape index (κ1) is 16.0. The molecule has 1 aliphatic rings. The van der Waals surface area contributed by atoms with E-state index in [1.807, 2.05) is 7.05 Å². The molecule has 1 aromatic heterocycles. The van der Waals surface area contributed by atoms with Crippen LogP contribution in [0, 0.1) is 0 Å². The Labute approximate surface area is 130 Å². The van der Waals surface area contributed by atoms with Crippen molar-refractivity contribution in [3.63, 3.8) is 0 Å². The number of nitrogens with two attached hydrogens (primary N) is 1. The molecule has 0 aliphatic carbocycles. The van der Waals surface area contributed by atoms with Crippen molar-refractivity contribution in [3.05, 3.63) is 4.88 Å². The number of hydrogen-bond acceptors (Lipinski definition) is 6. The average molecular weight is 311 g/mol. The van der Waals surface area contributed by atoms with Gasteiger partial charge >= 0.3 is 0 Å². The van der Waals surface area contributed by atoms with Crippen LogP contribution in [0.1, 0.15) is 35.9 Å². The molecule has 2 rings (SSSR count). The summed E-state index contributed by atoms with van der Waals surface area (Å²) < 4.78 is 0. The molecule has 1 aliphatic heterocycles. The van der Waals surface area contributed by atoms with Gasteiger partial charge in [0.25, 0.3) is 5.91 Å². The predicted molar refractivity (Wildman–Crippen MR) is 88.1 cm³/mol. The molecule has 0 aromatic carbocycles. The molecule has 21 heavy (non-hydrogen) atoms. The zero-order valence-electron chi connectivity index (χ0n) is 12.9. The molecule has 0 bridgehead atoms. The van der Waals surface area contributed by atoms with Crippen LogP contribution in [0.15, 0.2) is 0 Å². The molecule has 7 heteroatoms. The maximum absolute atomic E-state index is 12.2. The van der Waals surface area contributed by atoms with Crippen molar-refractivity contribution in [1.82, 2.24) is 15.2 Å². The van der Waals surface area contributed by atoms with Crippen molar-refractivity contribution in [2.45, 2.75) is 26.2 Å². The van der Waals surface area contributed by atoms with E-state index in [0.717, 1.165) is 31.3 Å². The maximum Gasteiger partial charge on any atom is 0.265 e. The number of rotatable bonds is 6. The summed E-state index contributed by atoms with van der Waals surface area (Å²) in [6.07, 6.45) is 3.64. The molecule has 3 N–H and O–H groups in total. The Morgan fingerprint density at radius 3 is 2.81 bits per heavy atom. The Morgan fingerprint density at radius 2 is 2.14 bits per heavy atom. The Kier molecular flexibility index (Phi) is 5.81. The topological polar surface area (TPSA) is 74.5 Å². The third-order valence-corrected chi connectivity index (χ3v) is 4.92. The molecule has 1 amide bonds. The lowest BCUT2D eigenvalue weighted by Crippen LogP contribution is -2.32. The molecule has 1 fully saturated rings. The zero-order valence-corrected chi connectivity index (χ0v) is 13.7. The quantitative estimate of drug-likeness (QED) is 0.830. The molecule has 0 spiro atoms. The van der Waals surface area contributed by atoms with Gasteiger partial charge in [-0.3, -0.25) is 4.79 Å². The normalized spacial score (nSPS) is 15.5. The van der Waals surface area contributed by atoms with Crippen LogP contribution in [0.4, 0.5) is 10.9 Å². The van der Waals surface area contributed by atoms with E-state index in [-0.39, 0.29) is 5.91 Å². The lowest BCUT2D eigenvalue weighted by Gasteiger charge is -2.25. The molecule has 2 heterocycles. The Morgan fingerprint density at radius 1 is 1.43 bits per heavy atom. The number of carbonyl (C=O) groups excluding carboxylic acids is 1. The number of carbonyl (C=O) groups is 1. The minimum absolute atomic E-state index is 0.113. The van der Waals surface area contributed by atoms with Gasteiger partial charge in [-0.05, 0) is 32.9 Å². The third kappa shape index (κ3) is 4.31. The van der Waals surface area contributed by atoms with Gasteiger partial charge in [0.05, 0.1) is 0 Å². The molecule has 118 valence electrons. The van der Waals surface area contributed by atoms with Gasteiger partial charge in [0.2, 0.25) is 0 Å². The van der Waals surface area contributed by atoms with Gasteiger partial charge in [0, 0.05) is 26.2 Å². The smallest absolute Gasteiger partial charge is 0.265 e. The van der Waals surface area contributed by atoms with Crippen molar-refractivity contribution in [2.75, 3.05) is 50.4 Å². The maximum atomic E-state index is 12.2. The first-order valence-corrected chi connectivity index (χ1v) is 8.41. The molecule has 0 saturated carbocycles. The van der Waals surface area contributed by atoms with Gasteiger partial charge in [0.1, 0.15) is 10.7 Å². The fraction of sp³-hybridized carbons (Fsp3) is 0.714. The number of aromatic nitrogens is 1. The number of nitrogens with one attached hydrogen (secondary N) is 1. The number of nitrogen functional groups attached to an aromatic ring is 1. The predicted octanol–water partition coefficient (Wildman–Crippen LogP) is 1.40. The first-order chi connectivity index (χ1) is 10.1. The van der Waals surface area contributed by atoms with Crippen LogP contribution in [-0.2, 0) is 0 Å². The second-order valence-corrected chi connectivity index (χ2v) is 6.39. The Bertz CT molecular complexity index is 470. The highest BCUT2D eigenvalue weighted by Crippen LogP contribution is 2.29. The highest BCUT2D eigenvalue weighted by atomic mass is 32.1. The van der Waals surface area contributed by atoms with E-state index in [0.29, 0.717) is 17.2 Å². The fourth-order valence-electron chi connectivity index (χ4n) is 2.30. The molecular formula is C14H25N5OS. The number of likely N-dealkylation sites (N-methyl/N-ethyl adjacent to an activating group) is 1. The Hall–Kier alpha value is -1.34. The standard InChI is InChI=1S/C14H25N5OS/c1-3-18(2)10-7-16-13(20)11-12(15)17-14(21-11)19-8-5-4-6-9-19/h3-10,15H2,1-2H3,(H,16,20).